The normalized spacial score (nSPS) is 14.5. The molecule has 5 nitrogen and oxygen atoms in total. The summed E-state index contributed by atoms with van der Waals surface area (Å²) in [5.74, 6) is 3.43. The maximum Gasteiger partial charge on any atom is 0.317 e. The molecule has 1 aliphatic rings. The number of terminal acetylenes is 1. The number of pyridine rings is 1. The lowest BCUT2D eigenvalue weighted by Gasteiger charge is -2.18. The molecule has 1 N–H and O–H groups in total. The van der Waals surface area contributed by atoms with Crippen LogP contribution in [0.25, 0.3) is 22.4 Å². The van der Waals surface area contributed by atoms with E-state index >= 15 is 0 Å². The number of amides is 2. The van der Waals surface area contributed by atoms with E-state index in [4.69, 9.17) is 16.1 Å². The summed E-state index contributed by atoms with van der Waals surface area (Å²) in [6, 6.07) is 16.2. The van der Waals surface area contributed by atoms with Crippen LogP contribution in [-0.4, -0.2) is 36.1 Å². The van der Waals surface area contributed by atoms with Gasteiger partial charge in [-0.15, -0.1) is 6.42 Å². The first-order valence-corrected chi connectivity index (χ1v) is 11.2. The minimum atomic E-state index is -0.0691. The predicted octanol–water partition coefficient (Wildman–Crippen LogP) is 5.44. The molecule has 0 fully saturated rings. The third-order valence-corrected chi connectivity index (χ3v) is 5.84. The maximum atomic E-state index is 12.1. The molecule has 168 valence electrons. The number of ether oxygens (including phenoxy) is 1. The van der Waals surface area contributed by atoms with Crippen LogP contribution in [-0.2, 0) is 6.42 Å². The van der Waals surface area contributed by atoms with Crippen LogP contribution in [0.3, 0.4) is 0 Å². The maximum absolute atomic E-state index is 12.1. The third kappa shape index (κ3) is 4.70. The van der Waals surface area contributed by atoms with Gasteiger partial charge in [-0.3, -0.25) is 4.98 Å². The van der Waals surface area contributed by atoms with Gasteiger partial charge in [-0.2, -0.15) is 0 Å². The molecule has 0 radical (unpaired) electrons. The van der Waals surface area contributed by atoms with Crippen LogP contribution in [0.4, 0.5) is 4.79 Å². The Balaban J connectivity index is 1.60. The van der Waals surface area contributed by atoms with Crippen molar-refractivity contribution in [2.75, 3.05) is 14.1 Å². The summed E-state index contributed by atoms with van der Waals surface area (Å²) in [6.45, 7) is 3.96. The Morgan fingerprint density at radius 3 is 2.64 bits per heavy atom. The number of benzene rings is 2. The van der Waals surface area contributed by atoms with Gasteiger partial charge in [0.25, 0.3) is 0 Å². The van der Waals surface area contributed by atoms with Gasteiger partial charge in [-0.05, 0) is 67.6 Å². The highest BCUT2D eigenvalue weighted by atomic mass is 16.5. The van der Waals surface area contributed by atoms with E-state index in [-0.39, 0.29) is 18.2 Å². The molecule has 1 atom stereocenters. The van der Waals surface area contributed by atoms with Crippen molar-refractivity contribution in [1.29, 1.82) is 0 Å². The fourth-order valence-electron chi connectivity index (χ4n) is 4.24. The van der Waals surface area contributed by atoms with Gasteiger partial charge in [0.05, 0.1) is 23.4 Å². The summed E-state index contributed by atoms with van der Waals surface area (Å²) in [7, 11) is 3.51. The molecule has 33 heavy (non-hydrogen) atoms. The number of nitrogens with one attached hydrogen (secondary N) is 1. The highest BCUT2D eigenvalue weighted by Crippen LogP contribution is 2.38. The average Bonchev–Trinajstić information content (AvgIpc) is 3.22. The molecule has 0 aliphatic heterocycles. The smallest absolute Gasteiger partial charge is 0.317 e. The zero-order chi connectivity index (χ0) is 23.5. The van der Waals surface area contributed by atoms with Crippen molar-refractivity contribution in [1.82, 2.24) is 15.2 Å². The predicted molar refractivity (Wildman–Crippen MR) is 132 cm³/mol. The average molecular weight is 440 g/mol. The number of hydrogen-bond donors (Lipinski definition) is 1. The van der Waals surface area contributed by atoms with Gasteiger partial charge < -0.3 is 15.0 Å². The summed E-state index contributed by atoms with van der Waals surface area (Å²) < 4.78 is 5.80. The Hall–Kier alpha value is -3.78. The van der Waals surface area contributed by atoms with Gasteiger partial charge >= 0.3 is 6.03 Å². The van der Waals surface area contributed by atoms with Crippen LogP contribution in [0.15, 0.2) is 54.7 Å². The summed E-state index contributed by atoms with van der Waals surface area (Å²) in [5, 5.41) is 3.12. The molecule has 5 heteroatoms. The van der Waals surface area contributed by atoms with Gasteiger partial charge in [-0.25, -0.2) is 4.79 Å². The summed E-state index contributed by atoms with van der Waals surface area (Å²) in [4.78, 5) is 18.4. The molecule has 2 amide bonds. The first kappa shape index (κ1) is 22.4. The number of urea groups is 1. The Morgan fingerprint density at radius 2 is 1.97 bits per heavy atom. The molecule has 3 aromatic rings. The molecule has 0 saturated heterocycles. The Morgan fingerprint density at radius 1 is 1.18 bits per heavy atom. The molecule has 0 bridgehead atoms. The van der Waals surface area contributed by atoms with Gasteiger partial charge in [-0.1, -0.05) is 30.2 Å². The molecular formula is C28H29N3O2. The van der Waals surface area contributed by atoms with Crippen LogP contribution in [0.5, 0.6) is 5.75 Å². The van der Waals surface area contributed by atoms with Crippen LogP contribution in [0.1, 0.15) is 43.0 Å². The number of carbonyl (C=O) groups excluding carboxylic acids is 1. The van der Waals surface area contributed by atoms with Crippen molar-refractivity contribution < 1.29 is 9.53 Å². The lowest BCUT2D eigenvalue weighted by Crippen LogP contribution is -2.36. The summed E-state index contributed by atoms with van der Waals surface area (Å²) >= 11 is 0. The fourth-order valence-corrected chi connectivity index (χ4v) is 4.24. The molecule has 1 aromatic heterocycles. The van der Waals surface area contributed by atoms with Crippen LogP contribution < -0.4 is 10.1 Å². The minimum Gasteiger partial charge on any atom is -0.490 e. The van der Waals surface area contributed by atoms with Crippen molar-refractivity contribution >= 4 is 6.03 Å². The topological polar surface area (TPSA) is 54.5 Å². The number of aromatic nitrogens is 1. The lowest BCUT2D eigenvalue weighted by molar-refractivity contribution is 0.213. The second-order valence-corrected chi connectivity index (χ2v) is 8.76. The van der Waals surface area contributed by atoms with Crippen LogP contribution in [0.2, 0.25) is 0 Å². The largest absolute Gasteiger partial charge is 0.490 e. The van der Waals surface area contributed by atoms with Crippen molar-refractivity contribution in [3.05, 3.63) is 71.4 Å². The van der Waals surface area contributed by atoms with Gasteiger partial charge in [0.1, 0.15) is 5.75 Å². The summed E-state index contributed by atoms with van der Waals surface area (Å²) in [6.07, 6.45) is 9.50. The third-order valence-electron chi connectivity index (χ3n) is 5.84. The van der Waals surface area contributed by atoms with Gasteiger partial charge in [0.15, 0.2) is 0 Å². The van der Waals surface area contributed by atoms with E-state index in [1.54, 1.807) is 19.0 Å². The van der Waals surface area contributed by atoms with E-state index in [1.807, 2.05) is 44.3 Å². The SMILES string of the molecule is C#Cc1cc(-c2ccc(-c3cccc4c3CCC4NC(=O)N(C)C)cn2)ccc1OC(C)C. The van der Waals surface area contributed by atoms with Crippen molar-refractivity contribution in [3.8, 4) is 40.5 Å². The second-order valence-electron chi connectivity index (χ2n) is 8.76. The highest BCUT2D eigenvalue weighted by Gasteiger charge is 2.26. The summed E-state index contributed by atoms with van der Waals surface area (Å²) in [5.41, 5.74) is 7.22. The van der Waals surface area contributed by atoms with Crippen molar-refractivity contribution in [2.45, 2.75) is 38.8 Å². The zero-order valence-corrected chi connectivity index (χ0v) is 19.6. The molecule has 0 saturated carbocycles. The van der Waals surface area contributed by atoms with Gasteiger partial charge in [0, 0.05) is 31.4 Å². The monoisotopic (exact) mass is 439 g/mol. The Bertz CT molecular complexity index is 1210. The van der Waals surface area contributed by atoms with Crippen LogP contribution in [0, 0.1) is 12.3 Å². The first-order chi connectivity index (χ1) is 15.9. The lowest BCUT2D eigenvalue weighted by atomic mass is 9.97. The fraction of sp³-hybridized carbons (Fsp3) is 0.286. The standard InChI is InChI=1S/C28H29N3O2/c1-6-19-16-20(11-15-27(19)33-18(2)3)25-13-10-21(17-29-25)22-8-7-9-24-23(22)12-14-26(24)30-28(32)31(4)5/h1,7-11,13,15-18,26H,12,14H2,2-5H3,(H,30,32). The van der Waals surface area contributed by atoms with E-state index in [2.05, 4.69) is 35.5 Å². The number of fused-ring (bicyclic) bond motifs is 1. The molecule has 4 rings (SSSR count). The molecule has 1 unspecified atom stereocenters. The number of carbonyl (C=O) groups is 1. The van der Waals surface area contributed by atoms with E-state index in [9.17, 15) is 4.79 Å². The molecule has 0 spiro atoms. The number of hydrogen-bond acceptors (Lipinski definition) is 3. The van der Waals surface area contributed by atoms with Crippen LogP contribution >= 0.6 is 0 Å². The number of nitrogens with zero attached hydrogens (tertiary/aromatic N) is 2. The Labute approximate surface area is 195 Å². The van der Waals surface area contributed by atoms with E-state index in [0.717, 1.165) is 40.8 Å². The zero-order valence-electron chi connectivity index (χ0n) is 19.6. The van der Waals surface area contributed by atoms with Crippen molar-refractivity contribution in [2.24, 2.45) is 0 Å². The second kappa shape index (κ2) is 9.38. The van der Waals surface area contributed by atoms with Crippen molar-refractivity contribution in [3.63, 3.8) is 0 Å². The number of rotatable bonds is 5. The highest BCUT2D eigenvalue weighted by molar-refractivity contribution is 5.76. The van der Waals surface area contributed by atoms with E-state index < -0.39 is 0 Å². The first-order valence-electron chi connectivity index (χ1n) is 11.2. The van der Waals surface area contributed by atoms with E-state index in [1.165, 1.54) is 11.1 Å². The molecular weight excluding hydrogens is 410 g/mol. The molecule has 1 heterocycles. The Kier molecular flexibility index (Phi) is 6.37. The van der Waals surface area contributed by atoms with Gasteiger partial charge in [0.2, 0.25) is 0 Å². The molecule has 1 aliphatic carbocycles. The minimum absolute atomic E-state index is 0.0378. The van der Waals surface area contributed by atoms with E-state index in [0.29, 0.717) is 5.75 Å². The molecule has 2 aromatic carbocycles. The quantitative estimate of drug-likeness (QED) is 0.539.